The normalized spacial score (nSPS) is 11.3. The lowest BCUT2D eigenvalue weighted by Crippen LogP contribution is -1.65. The largest absolute Gasteiger partial charge is 0.249 e. The van der Waals surface area contributed by atoms with Gasteiger partial charge in [-0.05, 0) is 19.1 Å². The number of hydrogen-bond donors (Lipinski definition) is 0. The van der Waals surface area contributed by atoms with E-state index >= 15 is 0 Å². The van der Waals surface area contributed by atoms with E-state index in [4.69, 9.17) is 0 Å². The Hall–Kier alpha value is -0.810. The van der Waals surface area contributed by atoms with Crippen molar-refractivity contribution in [2.45, 2.75) is 6.92 Å². The van der Waals surface area contributed by atoms with E-state index < -0.39 is 0 Å². The van der Waals surface area contributed by atoms with Crippen molar-refractivity contribution in [3.8, 4) is 0 Å². The minimum atomic E-state index is 0.803. The zero-order valence-electron chi connectivity index (χ0n) is 5.76. The first-order valence-corrected chi connectivity index (χ1v) is 4.27. The summed E-state index contributed by atoms with van der Waals surface area (Å²) in [6, 6.07) is 8.32. The third kappa shape index (κ3) is 0.833. The van der Waals surface area contributed by atoms with Crippen molar-refractivity contribution in [1.82, 2.24) is 4.98 Å². The number of benzene rings is 1. The van der Waals surface area contributed by atoms with Crippen LogP contribution in [-0.2, 0) is 0 Å². The highest BCUT2D eigenvalue weighted by atomic mass is 31.0. The Labute approximate surface area is 61.2 Å². The smallest absolute Gasteiger partial charge is 0.0746 e. The second kappa shape index (κ2) is 2.10. The summed E-state index contributed by atoms with van der Waals surface area (Å²) in [5, 5.41) is 1.39. The molecule has 2 rings (SSSR count). The summed E-state index contributed by atoms with van der Waals surface area (Å²) in [5.41, 5.74) is 2.42. The van der Waals surface area contributed by atoms with E-state index in [1.807, 2.05) is 6.07 Å². The van der Waals surface area contributed by atoms with Gasteiger partial charge in [-0.3, -0.25) is 0 Å². The number of hydrogen-bond acceptors (Lipinski definition) is 1. The summed E-state index contributed by atoms with van der Waals surface area (Å²) in [4.78, 5) is 4.38. The Morgan fingerprint density at radius 1 is 1.30 bits per heavy atom. The molecule has 1 atom stereocenters. The molecule has 0 saturated heterocycles. The molecule has 50 valence electrons. The van der Waals surface area contributed by atoms with E-state index in [0.29, 0.717) is 0 Å². The Morgan fingerprint density at radius 2 is 2.10 bits per heavy atom. The summed E-state index contributed by atoms with van der Waals surface area (Å²) in [5.74, 6) is 0. The van der Waals surface area contributed by atoms with E-state index in [1.54, 1.807) is 0 Å². The lowest BCUT2D eigenvalue weighted by atomic mass is 10.3. The molecule has 1 aromatic carbocycles. The number of nitrogens with zero attached hydrogens (tertiary/aromatic N) is 1. The third-order valence-electron chi connectivity index (χ3n) is 1.51. The van der Waals surface area contributed by atoms with Crippen LogP contribution in [0.3, 0.4) is 0 Å². The zero-order chi connectivity index (χ0) is 6.97. The molecule has 1 heterocycles. The minimum absolute atomic E-state index is 0.803. The van der Waals surface area contributed by atoms with Crippen LogP contribution < -0.4 is 0 Å². The molecule has 0 radical (unpaired) electrons. The minimum Gasteiger partial charge on any atom is -0.249 e. The van der Waals surface area contributed by atoms with Crippen molar-refractivity contribution in [2.75, 3.05) is 0 Å². The fraction of sp³-hybridized carbons (Fsp3) is 0.125. The second-order valence-corrected chi connectivity index (χ2v) is 3.85. The fourth-order valence-electron chi connectivity index (χ4n) is 1.08. The first kappa shape index (κ1) is 5.94. The van der Waals surface area contributed by atoms with Crippen molar-refractivity contribution in [2.24, 2.45) is 0 Å². The van der Waals surface area contributed by atoms with Gasteiger partial charge in [0.1, 0.15) is 0 Å². The molecular formula is C8H8NP. The summed E-state index contributed by atoms with van der Waals surface area (Å²) < 4.78 is 0. The van der Waals surface area contributed by atoms with Crippen LogP contribution in [0.15, 0.2) is 24.3 Å². The second-order valence-electron chi connectivity index (χ2n) is 2.34. The Bertz CT molecular complexity index is 318. The molecule has 0 aliphatic carbocycles. The van der Waals surface area contributed by atoms with E-state index in [0.717, 1.165) is 8.19 Å². The van der Waals surface area contributed by atoms with Gasteiger partial charge in [0.25, 0.3) is 0 Å². The molecule has 0 N–H and O–H groups in total. The summed E-state index contributed by atoms with van der Waals surface area (Å²) in [7, 11) is 0.803. The van der Waals surface area contributed by atoms with Crippen molar-refractivity contribution in [3.05, 3.63) is 29.7 Å². The van der Waals surface area contributed by atoms with Gasteiger partial charge in [0.15, 0.2) is 0 Å². The van der Waals surface area contributed by atoms with Crippen LogP contribution >= 0.6 is 8.19 Å². The van der Waals surface area contributed by atoms with Gasteiger partial charge in [-0.25, -0.2) is 4.98 Å². The van der Waals surface area contributed by atoms with Gasteiger partial charge in [0.05, 0.1) is 10.9 Å². The number of fused-ring (bicyclic) bond motifs is 1. The lowest BCUT2D eigenvalue weighted by Gasteiger charge is -1.81. The number of aryl methyl sites for hydroxylation is 1. The standard InChI is InChI=1S/C8H8NP/c1-6-9-7-4-2-3-5-8(7)10-6/h2-5,10H,1H3. The molecule has 0 aliphatic heterocycles. The maximum atomic E-state index is 4.38. The van der Waals surface area contributed by atoms with Gasteiger partial charge in [-0.15, -0.1) is 8.19 Å². The summed E-state index contributed by atoms with van der Waals surface area (Å²) >= 11 is 0. The SMILES string of the molecule is Cc1nc2ccccc2[pH]1. The average Bonchev–Trinajstić information content (AvgIpc) is 2.27. The molecule has 2 aromatic rings. The molecule has 0 bridgehead atoms. The maximum Gasteiger partial charge on any atom is 0.0746 e. The Morgan fingerprint density at radius 3 is 2.90 bits per heavy atom. The topological polar surface area (TPSA) is 12.9 Å². The van der Waals surface area contributed by atoms with Crippen LogP contribution in [-0.4, -0.2) is 4.98 Å². The zero-order valence-corrected chi connectivity index (χ0v) is 6.76. The molecule has 0 amide bonds. The Balaban J connectivity index is 2.88. The molecule has 0 spiro atoms. The number of rotatable bonds is 0. The van der Waals surface area contributed by atoms with Crippen LogP contribution in [0.5, 0.6) is 0 Å². The van der Waals surface area contributed by atoms with Gasteiger partial charge in [-0.2, -0.15) is 0 Å². The maximum absolute atomic E-state index is 4.38. The van der Waals surface area contributed by atoms with Gasteiger partial charge in [-0.1, -0.05) is 12.1 Å². The molecule has 1 unspecified atom stereocenters. The predicted molar refractivity (Wildman–Crippen MR) is 46.0 cm³/mol. The number of para-hydroxylation sites is 1. The fourth-order valence-corrected chi connectivity index (χ4v) is 2.09. The van der Waals surface area contributed by atoms with Gasteiger partial charge in [0, 0.05) is 5.12 Å². The van der Waals surface area contributed by atoms with E-state index in [-0.39, 0.29) is 0 Å². The van der Waals surface area contributed by atoms with E-state index in [2.05, 4.69) is 30.1 Å². The van der Waals surface area contributed by atoms with E-state index in [9.17, 15) is 0 Å². The monoisotopic (exact) mass is 149 g/mol. The first-order valence-electron chi connectivity index (χ1n) is 3.27. The van der Waals surface area contributed by atoms with Crippen molar-refractivity contribution in [3.63, 3.8) is 0 Å². The van der Waals surface area contributed by atoms with Crippen molar-refractivity contribution in [1.29, 1.82) is 0 Å². The summed E-state index contributed by atoms with van der Waals surface area (Å²) in [6.07, 6.45) is 0. The molecular weight excluding hydrogens is 141 g/mol. The highest BCUT2D eigenvalue weighted by molar-refractivity contribution is 7.37. The van der Waals surface area contributed by atoms with Crippen LogP contribution in [0.4, 0.5) is 0 Å². The summed E-state index contributed by atoms with van der Waals surface area (Å²) in [6.45, 7) is 2.08. The van der Waals surface area contributed by atoms with Gasteiger partial charge >= 0.3 is 0 Å². The number of aromatic nitrogens is 1. The van der Waals surface area contributed by atoms with Crippen LogP contribution in [0.25, 0.3) is 10.6 Å². The molecule has 0 fully saturated rings. The van der Waals surface area contributed by atoms with Gasteiger partial charge in [0.2, 0.25) is 0 Å². The highest BCUT2D eigenvalue weighted by Gasteiger charge is 1.94. The lowest BCUT2D eigenvalue weighted by molar-refractivity contribution is 1.35. The first-order chi connectivity index (χ1) is 4.86. The van der Waals surface area contributed by atoms with E-state index in [1.165, 1.54) is 16.1 Å². The highest BCUT2D eigenvalue weighted by Crippen LogP contribution is 2.25. The molecule has 1 aromatic heterocycles. The predicted octanol–water partition coefficient (Wildman–Crippen LogP) is 2.57. The molecule has 0 saturated carbocycles. The van der Waals surface area contributed by atoms with Crippen LogP contribution in [0, 0.1) is 6.92 Å². The van der Waals surface area contributed by atoms with Crippen LogP contribution in [0.1, 0.15) is 5.43 Å². The quantitative estimate of drug-likeness (QED) is 0.561. The Kier molecular flexibility index (Phi) is 1.25. The molecule has 0 aliphatic rings. The molecule has 2 heteroatoms. The average molecular weight is 149 g/mol. The third-order valence-corrected chi connectivity index (χ3v) is 2.67. The van der Waals surface area contributed by atoms with Crippen LogP contribution in [0.2, 0.25) is 0 Å². The molecule has 1 nitrogen and oxygen atoms in total. The molecule has 10 heavy (non-hydrogen) atoms. The van der Waals surface area contributed by atoms with Crippen molar-refractivity contribution < 1.29 is 0 Å². The van der Waals surface area contributed by atoms with Gasteiger partial charge < -0.3 is 0 Å². The van der Waals surface area contributed by atoms with Crippen molar-refractivity contribution >= 4 is 18.8 Å².